The maximum Gasteiger partial charge on any atom is 0.304 e. The van der Waals surface area contributed by atoms with E-state index in [1.807, 2.05) is 13.8 Å². The van der Waals surface area contributed by atoms with Crippen LogP contribution in [0.25, 0.3) is 0 Å². The normalized spacial score (nSPS) is 20.4. The predicted molar refractivity (Wildman–Crippen MR) is 64.8 cm³/mol. The minimum Gasteiger partial charge on any atom is -0.446 e. The van der Waals surface area contributed by atoms with Crippen molar-refractivity contribution in [2.75, 3.05) is 0 Å². The van der Waals surface area contributed by atoms with E-state index in [1.165, 1.54) is 39.0 Å². The molecule has 0 aromatic heterocycles. The van der Waals surface area contributed by atoms with Crippen molar-refractivity contribution in [3.63, 3.8) is 0 Å². The molecule has 1 saturated carbocycles. The molecule has 1 unspecified atom stereocenters. The average Bonchev–Trinajstić information content (AvgIpc) is 2.27. The molecule has 0 saturated heterocycles. The number of hydrogen-bond donors (Lipinski definition) is 0. The number of carbonyl (C=O) groups excluding carboxylic acids is 1. The summed E-state index contributed by atoms with van der Waals surface area (Å²) in [6, 6.07) is 0. The summed E-state index contributed by atoms with van der Waals surface area (Å²) in [5, 5.41) is 0. The molecule has 0 heterocycles. The summed E-state index contributed by atoms with van der Waals surface area (Å²) in [4.78, 5) is 11.0. The van der Waals surface area contributed by atoms with Crippen molar-refractivity contribution in [3.05, 3.63) is 0 Å². The second-order valence-electron chi connectivity index (χ2n) is 4.78. The second kappa shape index (κ2) is 5.94. The zero-order valence-electron chi connectivity index (χ0n) is 10.6. The Labute approximate surface area is 98.8 Å². The van der Waals surface area contributed by atoms with Crippen LogP contribution in [0.15, 0.2) is 0 Å². The third kappa shape index (κ3) is 4.26. The fourth-order valence-electron chi connectivity index (χ4n) is 2.00. The lowest BCUT2D eigenvalue weighted by molar-refractivity contribution is -0.150. The standard InChI is InChI=1S/C14H22O2/c1-4-14(3,16-12(2)15)11-10-13-8-6-5-7-9-13/h13H,4-9H2,1-3H3. The Balaban J connectivity index is 2.59. The van der Waals surface area contributed by atoms with E-state index < -0.39 is 5.60 Å². The first-order valence-electron chi connectivity index (χ1n) is 6.28. The van der Waals surface area contributed by atoms with E-state index in [4.69, 9.17) is 4.74 Å². The van der Waals surface area contributed by atoms with E-state index in [1.54, 1.807) is 0 Å². The molecule has 0 N–H and O–H groups in total. The Morgan fingerprint density at radius 3 is 2.50 bits per heavy atom. The molecular formula is C14H22O2. The summed E-state index contributed by atoms with van der Waals surface area (Å²) in [6.45, 7) is 5.33. The molecule has 1 fully saturated rings. The van der Waals surface area contributed by atoms with E-state index in [-0.39, 0.29) is 5.97 Å². The predicted octanol–water partition coefficient (Wildman–Crippen LogP) is 3.30. The number of hydrogen-bond acceptors (Lipinski definition) is 2. The molecule has 0 aromatic rings. The molecule has 0 spiro atoms. The quantitative estimate of drug-likeness (QED) is 0.529. The number of ether oxygens (including phenoxy) is 1. The van der Waals surface area contributed by atoms with E-state index >= 15 is 0 Å². The van der Waals surface area contributed by atoms with Gasteiger partial charge in [0.15, 0.2) is 5.60 Å². The van der Waals surface area contributed by atoms with Crippen molar-refractivity contribution < 1.29 is 9.53 Å². The first-order chi connectivity index (χ1) is 7.56. The van der Waals surface area contributed by atoms with Crippen LogP contribution < -0.4 is 0 Å². The molecule has 1 atom stereocenters. The average molecular weight is 222 g/mol. The van der Waals surface area contributed by atoms with Gasteiger partial charge in [-0.2, -0.15) is 0 Å². The van der Waals surface area contributed by atoms with Gasteiger partial charge in [-0.3, -0.25) is 4.79 Å². The summed E-state index contributed by atoms with van der Waals surface area (Å²) in [5.74, 6) is 6.71. The van der Waals surface area contributed by atoms with Gasteiger partial charge in [-0.1, -0.05) is 38.0 Å². The van der Waals surface area contributed by atoms with E-state index in [0.717, 1.165) is 6.42 Å². The third-order valence-electron chi connectivity index (χ3n) is 3.19. The number of esters is 1. The van der Waals surface area contributed by atoms with Crippen LogP contribution >= 0.6 is 0 Å². The Kier molecular flexibility index (Phi) is 4.86. The lowest BCUT2D eigenvalue weighted by Gasteiger charge is -2.22. The molecule has 0 bridgehead atoms. The fourth-order valence-corrected chi connectivity index (χ4v) is 2.00. The van der Waals surface area contributed by atoms with Crippen LogP contribution in [0.4, 0.5) is 0 Å². The maximum absolute atomic E-state index is 11.0. The molecular weight excluding hydrogens is 200 g/mol. The Bertz CT molecular complexity index is 292. The molecule has 1 aliphatic rings. The number of rotatable bonds is 2. The Morgan fingerprint density at radius 1 is 1.38 bits per heavy atom. The second-order valence-corrected chi connectivity index (χ2v) is 4.78. The van der Waals surface area contributed by atoms with Crippen LogP contribution in [0, 0.1) is 17.8 Å². The van der Waals surface area contributed by atoms with Gasteiger partial charge in [0.2, 0.25) is 0 Å². The molecule has 0 amide bonds. The smallest absolute Gasteiger partial charge is 0.304 e. The zero-order chi connectivity index (χ0) is 12.0. The van der Waals surface area contributed by atoms with Crippen molar-refractivity contribution >= 4 is 5.97 Å². The molecule has 2 heteroatoms. The van der Waals surface area contributed by atoms with E-state index in [0.29, 0.717) is 5.92 Å². The Morgan fingerprint density at radius 2 is 2.00 bits per heavy atom. The minimum atomic E-state index is -0.594. The highest BCUT2D eigenvalue weighted by Crippen LogP contribution is 2.23. The summed E-state index contributed by atoms with van der Waals surface area (Å²) in [7, 11) is 0. The highest BCUT2D eigenvalue weighted by atomic mass is 16.6. The highest BCUT2D eigenvalue weighted by Gasteiger charge is 2.22. The van der Waals surface area contributed by atoms with E-state index in [9.17, 15) is 4.79 Å². The van der Waals surface area contributed by atoms with Crippen LogP contribution in [0.3, 0.4) is 0 Å². The first-order valence-corrected chi connectivity index (χ1v) is 6.28. The van der Waals surface area contributed by atoms with Crippen molar-refractivity contribution in [1.82, 2.24) is 0 Å². The molecule has 1 aliphatic carbocycles. The van der Waals surface area contributed by atoms with Crippen LogP contribution in [-0.2, 0) is 9.53 Å². The monoisotopic (exact) mass is 222 g/mol. The summed E-state index contributed by atoms with van der Waals surface area (Å²) in [6.07, 6.45) is 7.06. The van der Waals surface area contributed by atoms with Crippen LogP contribution in [-0.4, -0.2) is 11.6 Å². The van der Waals surface area contributed by atoms with Gasteiger partial charge < -0.3 is 4.74 Å². The van der Waals surface area contributed by atoms with Gasteiger partial charge in [0.1, 0.15) is 0 Å². The molecule has 0 radical (unpaired) electrons. The van der Waals surface area contributed by atoms with Gasteiger partial charge in [0.05, 0.1) is 0 Å². The third-order valence-corrected chi connectivity index (χ3v) is 3.19. The molecule has 0 aliphatic heterocycles. The lowest BCUT2D eigenvalue weighted by atomic mass is 9.89. The van der Waals surface area contributed by atoms with Crippen LogP contribution in [0.5, 0.6) is 0 Å². The van der Waals surface area contributed by atoms with Crippen LogP contribution in [0.2, 0.25) is 0 Å². The maximum atomic E-state index is 11.0. The van der Waals surface area contributed by atoms with Gasteiger partial charge in [-0.25, -0.2) is 0 Å². The van der Waals surface area contributed by atoms with Gasteiger partial charge in [0.25, 0.3) is 0 Å². The summed E-state index contributed by atoms with van der Waals surface area (Å²) >= 11 is 0. The van der Waals surface area contributed by atoms with Crippen molar-refractivity contribution in [2.45, 2.75) is 64.9 Å². The van der Waals surface area contributed by atoms with Gasteiger partial charge in [-0.15, -0.1) is 0 Å². The topological polar surface area (TPSA) is 26.3 Å². The first kappa shape index (κ1) is 13.1. The van der Waals surface area contributed by atoms with E-state index in [2.05, 4.69) is 11.8 Å². The molecule has 90 valence electrons. The van der Waals surface area contributed by atoms with Gasteiger partial charge >= 0.3 is 5.97 Å². The molecule has 2 nitrogen and oxygen atoms in total. The summed E-state index contributed by atoms with van der Waals surface area (Å²) in [5.41, 5.74) is -0.594. The van der Waals surface area contributed by atoms with Crippen molar-refractivity contribution in [3.8, 4) is 11.8 Å². The largest absolute Gasteiger partial charge is 0.446 e. The van der Waals surface area contributed by atoms with Crippen molar-refractivity contribution in [2.24, 2.45) is 5.92 Å². The SMILES string of the molecule is CCC(C)(C#CC1CCCCC1)OC(C)=O. The Hall–Kier alpha value is -0.970. The number of carbonyl (C=O) groups is 1. The summed E-state index contributed by atoms with van der Waals surface area (Å²) < 4.78 is 5.27. The molecule has 16 heavy (non-hydrogen) atoms. The minimum absolute atomic E-state index is 0.248. The highest BCUT2D eigenvalue weighted by molar-refractivity contribution is 5.67. The van der Waals surface area contributed by atoms with Gasteiger partial charge in [0, 0.05) is 12.8 Å². The van der Waals surface area contributed by atoms with Crippen molar-refractivity contribution in [1.29, 1.82) is 0 Å². The lowest BCUT2D eigenvalue weighted by Crippen LogP contribution is -2.28. The van der Waals surface area contributed by atoms with Gasteiger partial charge in [-0.05, 0) is 26.2 Å². The zero-order valence-corrected chi connectivity index (χ0v) is 10.6. The fraction of sp³-hybridized carbons (Fsp3) is 0.786. The molecule has 1 rings (SSSR count). The molecule has 0 aromatic carbocycles. The van der Waals surface area contributed by atoms with Crippen LogP contribution in [0.1, 0.15) is 59.3 Å².